The van der Waals surface area contributed by atoms with E-state index in [1.165, 1.54) is 0 Å². The van der Waals surface area contributed by atoms with E-state index in [2.05, 4.69) is 17.1 Å². The summed E-state index contributed by atoms with van der Waals surface area (Å²) in [6, 6.07) is 6.66. The largest absolute Gasteiger partial charge is 0.486 e. The van der Waals surface area contributed by atoms with Crippen molar-refractivity contribution in [3.63, 3.8) is 0 Å². The highest BCUT2D eigenvalue weighted by Crippen LogP contribution is 2.34. The highest BCUT2D eigenvalue weighted by Gasteiger charge is 2.36. The summed E-state index contributed by atoms with van der Waals surface area (Å²) >= 11 is 1.67. The number of hydrogen-bond donors (Lipinski definition) is 1. The number of amides is 1. The third-order valence-corrected chi connectivity index (χ3v) is 6.06. The number of nitrogens with one attached hydrogen (secondary N) is 1. The minimum atomic E-state index is 0.133. The van der Waals surface area contributed by atoms with Gasteiger partial charge in [0.15, 0.2) is 11.5 Å². The number of benzene rings is 1. The number of fused-ring (bicyclic) bond motifs is 2. The molecule has 1 aromatic carbocycles. The molecular formula is C19H26N2O4S. The Balaban J connectivity index is 1.20. The van der Waals surface area contributed by atoms with Crippen LogP contribution in [0.25, 0.3) is 0 Å². The Morgan fingerprint density at radius 3 is 3.00 bits per heavy atom. The average molecular weight is 378 g/mol. The van der Waals surface area contributed by atoms with E-state index in [4.69, 9.17) is 14.2 Å². The van der Waals surface area contributed by atoms with E-state index < -0.39 is 0 Å². The van der Waals surface area contributed by atoms with Crippen LogP contribution in [0.2, 0.25) is 0 Å². The molecule has 0 aliphatic carbocycles. The second-order valence-corrected chi connectivity index (χ2v) is 8.32. The number of rotatable bonds is 5. The molecule has 1 amide bonds. The second-order valence-electron chi connectivity index (χ2n) is 7.16. The zero-order valence-corrected chi connectivity index (χ0v) is 15.9. The molecule has 0 saturated carbocycles. The number of thioether (sulfide) groups is 1. The van der Waals surface area contributed by atoms with Gasteiger partial charge in [-0.15, -0.1) is 11.8 Å². The van der Waals surface area contributed by atoms with Crippen LogP contribution in [0, 0.1) is 0 Å². The number of ether oxygens (including phenoxy) is 3. The standard InChI is InChI=1S/C19H26N2O4S/c1-13-10-21-11-14(8-15(21)12-25-13)20-19(22)4-7-26-16-2-3-17-18(9-16)24-6-5-23-17/h2-3,9,13-15H,4-8,10-12H2,1H3,(H,20,22)/t13-,14-,15-/m0/s1. The van der Waals surface area contributed by atoms with Crippen LogP contribution in [0.4, 0.5) is 0 Å². The first-order valence-corrected chi connectivity index (χ1v) is 10.3. The van der Waals surface area contributed by atoms with Gasteiger partial charge in [-0.25, -0.2) is 0 Å². The number of nitrogens with zero attached hydrogens (tertiary/aromatic N) is 1. The van der Waals surface area contributed by atoms with Gasteiger partial charge in [0.05, 0.1) is 12.7 Å². The van der Waals surface area contributed by atoms with E-state index in [-0.39, 0.29) is 11.9 Å². The highest BCUT2D eigenvalue weighted by atomic mass is 32.2. The molecule has 3 heterocycles. The third kappa shape index (κ3) is 4.27. The molecule has 1 N–H and O–H groups in total. The first-order chi connectivity index (χ1) is 12.7. The molecule has 4 rings (SSSR count). The SMILES string of the molecule is C[C@H]1CN2C[C@@H](NC(=O)CCSc3ccc4c(c3)OCCO4)C[C@H]2CO1. The minimum absolute atomic E-state index is 0.133. The predicted octanol–water partition coefficient (Wildman–Crippen LogP) is 1.92. The number of morpholine rings is 1. The van der Waals surface area contributed by atoms with Crippen molar-refractivity contribution in [3.8, 4) is 11.5 Å². The van der Waals surface area contributed by atoms with Crippen molar-refractivity contribution in [2.45, 2.75) is 42.8 Å². The lowest BCUT2D eigenvalue weighted by atomic mass is 10.1. The summed E-state index contributed by atoms with van der Waals surface area (Å²) in [7, 11) is 0. The maximum atomic E-state index is 12.3. The molecular weight excluding hydrogens is 352 g/mol. The lowest BCUT2D eigenvalue weighted by Crippen LogP contribution is -2.45. The lowest BCUT2D eigenvalue weighted by Gasteiger charge is -2.33. The molecule has 2 saturated heterocycles. The average Bonchev–Trinajstić information content (AvgIpc) is 3.02. The first-order valence-electron chi connectivity index (χ1n) is 9.35. The monoisotopic (exact) mass is 378 g/mol. The zero-order valence-electron chi connectivity index (χ0n) is 15.1. The van der Waals surface area contributed by atoms with Crippen LogP contribution in [0.15, 0.2) is 23.1 Å². The smallest absolute Gasteiger partial charge is 0.221 e. The summed E-state index contributed by atoms with van der Waals surface area (Å²) < 4.78 is 16.9. The molecule has 3 aliphatic heterocycles. The summed E-state index contributed by atoms with van der Waals surface area (Å²) in [5.74, 6) is 2.49. The molecule has 3 atom stereocenters. The molecule has 3 aliphatic rings. The van der Waals surface area contributed by atoms with Crippen LogP contribution in [0.5, 0.6) is 11.5 Å². The molecule has 0 radical (unpaired) electrons. The van der Waals surface area contributed by atoms with Crippen LogP contribution in [0.1, 0.15) is 19.8 Å². The summed E-state index contributed by atoms with van der Waals surface area (Å²) in [6.07, 6.45) is 1.81. The van der Waals surface area contributed by atoms with Crippen molar-refractivity contribution in [1.29, 1.82) is 0 Å². The number of carbonyl (C=O) groups excluding carboxylic acids is 1. The summed E-state index contributed by atoms with van der Waals surface area (Å²) in [4.78, 5) is 15.8. The Morgan fingerprint density at radius 2 is 2.12 bits per heavy atom. The van der Waals surface area contributed by atoms with Crippen molar-refractivity contribution in [3.05, 3.63) is 18.2 Å². The van der Waals surface area contributed by atoms with E-state index in [0.717, 1.165) is 48.3 Å². The molecule has 7 heteroatoms. The van der Waals surface area contributed by atoms with Crippen molar-refractivity contribution < 1.29 is 19.0 Å². The van der Waals surface area contributed by atoms with Gasteiger partial charge in [0, 0.05) is 42.2 Å². The Labute approximate surface area is 158 Å². The van der Waals surface area contributed by atoms with Crippen LogP contribution in [0.3, 0.4) is 0 Å². The molecule has 0 spiro atoms. The summed E-state index contributed by atoms with van der Waals surface area (Å²) in [5, 5.41) is 3.19. The third-order valence-electron chi connectivity index (χ3n) is 5.07. The van der Waals surface area contributed by atoms with E-state index in [9.17, 15) is 4.79 Å². The van der Waals surface area contributed by atoms with Crippen molar-refractivity contribution >= 4 is 17.7 Å². The van der Waals surface area contributed by atoms with E-state index in [0.29, 0.717) is 31.8 Å². The van der Waals surface area contributed by atoms with E-state index >= 15 is 0 Å². The summed E-state index contributed by atoms with van der Waals surface area (Å²) in [6.45, 7) is 6.00. The van der Waals surface area contributed by atoms with E-state index in [1.807, 2.05) is 18.2 Å². The molecule has 0 bridgehead atoms. The maximum absolute atomic E-state index is 12.3. The number of carbonyl (C=O) groups is 1. The second kappa shape index (κ2) is 8.06. The Hall–Kier alpha value is -1.44. The maximum Gasteiger partial charge on any atom is 0.221 e. The fourth-order valence-corrected chi connectivity index (χ4v) is 4.70. The van der Waals surface area contributed by atoms with Gasteiger partial charge in [-0.2, -0.15) is 0 Å². The predicted molar refractivity (Wildman–Crippen MR) is 100 cm³/mol. The van der Waals surface area contributed by atoms with E-state index in [1.54, 1.807) is 11.8 Å². The molecule has 0 unspecified atom stereocenters. The van der Waals surface area contributed by atoms with Gasteiger partial charge >= 0.3 is 0 Å². The Bertz CT molecular complexity index is 656. The molecule has 1 aromatic rings. The quantitative estimate of drug-likeness (QED) is 0.790. The first kappa shape index (κ1) is 17.9. The van der Waals surface area contributed by atoms with Crippen LogP contribution >= 0.6 is 11.8 Å². The fourth-order valence-electron chi connectivity index (χ4n) is 3.82. The van der Waals surface area contributed by atoms with Crippen LogP contribution < -0.4 is 14.8 Å². The minimum Gasteiger partial charge on any atom is -0.486 e. The summed E-state index contributed by atoms with van der Waals surface area (Å²) in [5.41, 5.74) is 0. The van der Waals surface area contributed by atoms with Crippen molar-refractivity contribution in [1.82, 2.24) is 10.2 Å². The van der Waals surface area contributed by atoms with Gasteiger partial charge in [0.25, 0.3) is 0 Å². The van der Waals surface area contributed by atoms with Crippen LogP contribution in [-0.2, 0) is 9.53 Å². The van der Waals surface area contributed by atoms with Gasteiger partial charge in [-0.05, 0) is 31.5 Å². The highest BCUT2D eigenvalue weighted by molar-refractivity contribution is 7.99. The van der Waals surface area contributed by atoms with Crippen LogP contribution in [-0.4, -0.2) is 67.7 Å². The van der Waals surface area contributed by atoms with Gasteiger partial charge in [-0.1, -0.05) is 0 Å². The molecule has 2 fully saturated rings. The normalized spacial score (nSPS) is 27.8. The van der Waals surface area contributed by atoms with Gasteiger partial charge in [-0.3, -0.25) is 9.69 Å². The van der Waals surface area contributed by atoms with Crippen molar-refractivity contribution in [2.24, 2.45) is 0 Å². The van der Waals surface area contributed by atoms with Crippen molar-refractivity contribution in [2.75, 3.05) is 38.7 Å². The zero-order chi connectivity index (χ0) is 17.9. The Kier molecular flexibility index (Phi) is 5.57. The van der Waals surface area contributed by atoms with Gasteiger partial charge in [0.1, 0.15) is 13.2 Å². The van der Waals surface area contributed by atoms with Gasteiger partial charge in [0.2, 0.25) is 5.91 Å². The van der Waals surface area contributed by atoms with Gasteiger partial charge < -0.3 is 19.5 Å². The Morgan fingerprint density at radius 1 is 1.27 bits per heavy atom. The molecule has 142 valence electrons. The number of hydrogen-bond acceptors (Lipinski definition) is 6. The molecule has 6 nitrogen and oxygen atoms in total. The lowest BCUT2D eigenvalue weighted by molar-refractivity contribution is -0.121. The fraction of sp³-hybridized carbons (Fsp3) is 0.632. The topological polar surface area (TPSA) is 60.0 Å². The molecule has 26 heavy (non-hydrogen) atoms. The molecule has 0 aromatic heterocycles.